The Morgan fingerprint density at radius 1 is 1.36 bits per heavy atom. The topological polar surface area (TPSA) is 33.0 Å². The molecule has 0 aromatic heterocycles. The first-order valence-electron chi connectivity index (χ1n) is 5.69. The lowest BCUT2D eigenvalue weighted by molar-refractivity contribution is 0.106. The number of hydrogen-bond donors (Lipinski definition) is 0. The molecule has 0 saturated heterocycles. The van der Waals surface area contributed by atoms with E-state index in [0.717, 1.165) is 24.9 Å². The summed E-state index contributed by atoms with van der Waals surface area (Å²) in [6, 6.07) is 2.25. The molecule has 1 rings (SSSR count). The molecule has 0 radical (unpaired) electrons. The van der Waals surface area contributed by atoms with Gasteiger partial charge in [0, 0.05) is 20.1 Å². The maximum Gasteiger partial charge on any atom is 0.0621 e. The molecule has 3 unspecified atom stereocenters. The Morgan fingerprint density at radius 2 is 2.07 bits per heavy atom. The van der Waals surface area contributed by atoms with Crippen LogP contribution in [0.15, 0.2) is 0 Å². The van der Waals surface area contributed by atoms with E-state index in [1.54, 1.807) is 7.11 Å². The number of hydrogen-bond acceptors (Lipinski definition) is 2. The number of methoxy groups -OCH3 is 1. The number of ether oxygens (including phenoxy) is 1. The number of rotatable bonds is 5. The zero-order valence-corrected chi connectivity index (χ0v) is 9.33. The van der Waals surface area contributed by atoms with E-state index < -0.39 is 0 Å². The Balaban J connectivity index is 2.45. The second-order valence-corrected chi connectivity index (χ2v) is 4.32. The largest absolute Gasteiger partial charge is 0.384 e. The van der Waals surface area contributed by atoms with Crippen molar-refractivity contribution in [1.29, 1.82) is 5.26 Å². The predicted molar refractivity (Wildman–Crippen MR) is 56.7 cm³/mol. The van der Waals surface area contributed by atoms with Crippen molar-refractivity contribution in [1.82, 2.24) is 0 Å². The van der Waals surface area contributed by atoms with Crippen molar-refractivity contribution >= 4 is 0 Å². The summed E-state index contributed by atoms with van der Waals surface area (Å²) in [5.41, 5.74) is 0. The first-order chi connectivity index (χ1) is 6.83. The summed E-state index contributed by atoms with van der Waals surface area (Å²) in [6.45, 7) is 3.15. The van der Waals surface area contributed by atoms with E-state index in [1.165, 1.54) is 19.3 Å². The molecule has 1 aliphatic rings. The van der Waals surface area contributed by atoms with Gasteiger partial charge in [-0.05, 0) is 37.0 Å². The molecule has 1 saturated carbocycles. The highest BCUT2D eigenvalue weighted by Crippen LogP contribution is 2.41. The molecule has 0 aliphatic heterocycles. The van der Waals surface area contributed by atoms with Gasteiger partial charge in [-0.3, -0.25) is 0 Å². The van der Waals surface area contributed by atoms with Crippen LogP contribution in [0.2, 0.25) is 0 Å². The average Bonchev–Trinajstić information content (AvgIpc) is 2.58. The van der Waals surface area contributed by atoms with E-state index in [4.69, 9.17) is 10.00 Å². The van der Waals surface area contributed by atoms with Crippen molar-refractivity contribution in [2.24, 2.45) is 17.8 Å². The maximum atomic E-state index is 8.58. The third kappa shape index (κ3) is 2.72. The molecule has 0 bridgehead atoms. The summed E-state index contributed by atoms with van der Waals surface area (Å²) < 4.78 is 5.29. The van der Waals surface area contributed by atoms with E-state index in [1.807, 2.05) is 0 Å². The van der Waals surface area contributed by atoms with Crippen molar-refractivity contribution in [3.8, 4) is 6.07 Å². The summed E-state index contributed by atoms with van der Waals surface area (Å²) in [4.78, 5) is 0. The van der Waals surface area contributed by atoms with Gasteiger partial charge in [-0.15, -0.1) is 0 Å². The van der Waals surface area contributed by atoms with Gasteiger partial charge in [0.1, 0.15) is 0 Å². The van der Waals surface area contributed by atoms with Crippen molar-refractivity contribution in [3.05, 3.63) is 0 Å². The SMILES string of the molecule is CCC1CCC(CCC#N)C1COC. The molecule has 2 nitrogen and oxygen atoms in total. The minimum atomic E-state index is 0.707. The molecule has 0 amide bonds. The van der Waals surface area contributed by atoms with Crippen molar-refractivity contribution < 1.29 is 4.74 Å². The Labute approximate surface area is 87.3 Å². The summed E-state index contributed by atoms with van der Waals surface area (Å²) in [6.07, 6.45) is 5.67. The molecule has 80 valence electrons. The minimum absolute atomic E-state index is 0.707. The van der Waals surface area contributed by atoms with Crippen LogP contribution in [0.1, 0.15) is 39.0 Å². The second kappa shape index (κ2) is 6.03. The molecule has 0 spiro atoms. The molecule has 3 atom stereocenters. The summed E-state index contributed by atoms with van der Waals surface area (Å²) in [5, 5.41) is 8.58. The first kappa shape index (κ1) is 11.5. The van der Waals surface area contributed by atoms with Gasteiger partial charge in [0.2, 0.25) is 0 Å². The highest BCUT2D eigenvalue weighted by atomic mass is 16.5. The lowest BCUT2D eigenvalue weighted by atomic mass is 9.86. The number of nitriles is 1. The molecular weight excluding hydrogens is 174 g/mol. The fourth-order valence-electron chi connectivity index (χ4n) is 2.82. The molecule has 0 aromatic rings. The summed E-state index contributed by atoms with van der Waals surface area (Å²) in [7, 11) is 1.78. The van der Waals surface area contributed by atoms with Crippen LogP contribution < -0.4 is 0 Å². The molecule has 0 N–H and O–H groups in total. The smallest absolute Gasteiger partial charge is 0.0621 e. The van der Waals surface area contributed by atoms with Crippen LogP contribution in [0, 0.1) is 29.1 Å². The van der Waals surface area contributed by atoms with E-state index in [9.17, 15) is 0 Å². The molecule has 14 heavy (non-hydrogen) atoms. The van der Waals surface area contributed by atoms with Crippen molar-refractivity contribution in [2.45, 2.75) is 39.0 Å². The minimum Gasteiger partial charge on any atom is -0.384 e. The molecule has 2 heteroatoms. The van der Waals surface area contributed by atoms with Gasteiger partial charge < -0.3 is 4.74 Å². The highest BCUT2D eigenvalue weighted by Gasteiger charge is 2.34. The Morgan fingerprint density at radius 3 is 2.64 bits per heavy atom. The predicted octanol–water partition coefficient (Wildman–Crippen LogP) is 2.99. The van der Waals surface area contributed by atoms with Gasteiger partial charge >= 0.3 is 0 Å². The molecule has 0 aromatic carbocycles. The summed E-state index contributed by atoms with van der Waals surface area (Å²) >= 11 is 0. The quantitative estimate of drug-likeness (QED) is 0.675. The standard InChI is InChI=1S/C12H21NO/c1-3-10-6-7-11(5-4-8-13)12(10)9-14-2/h10-12H,3-7,9H2,1-2H3. The van der Waals surface area contributed by atoms with Gasteiger partial charge in [-0.1, -0.05) is 13.3 Å². The van der Waals surface area contributed by atoms with E-state index in [2.05, 4.69) is 13.0 Å². The number of nitrogens with zero attached hydrogens (tertiary/aromatic N) is 1. The Hall–Kier alpha value is -0.550. The molecule has 0 heterocycles. The highest BCUT2D eigenvalue weighted by molar-refractivity contribution is 4.86. The van der Waals surface area contributed by atoms with Gasteiger partial charge in [-0.2, -0.15) is 5.26 Å². The fraction of sp³-hybridized carbons (Fsp3) is 0.917. The lowest BCUT2D eigenvalue weighted by Crippen LogP contribution is -2.20. The van der Waals surface area contributed by atoms with Gasteiger partial charge in [0.25, 0.3) is 0 Å². The van der Waals surface area contributed by atoms with E-state index in [-0.39, 0.29) is 0 Å². The summed E-state index contributed by atoms with van der Waals surface area (Å²) in [5.74, 6) is 2.27. The van der Waals surface area contributed by atoms with Crippen LogP contribution in [-0.2, 0) is 4.74 Å². The van der Waals surface area contributed by atoms with Crippen LogP contribution in [0.4, 0.5) is 0 Å². The van der Waals surface area contributed by atoms with Crippen molar-refractivity contribution in [2.75, 3.05) is 13.7 Å². The maximum absolute atomic E-state index is 8.58. The third-order valence-corrected chi connectivity index (χ3v) is 3.63. The molecule has 1 fully saturated rings. The Bertz CT molecular complexity index is 197. The Kier molecular flexibility index (Phi) is 4.97. The third-order valence-electron chi connectivity index (χ3n) is 3.63. The first-order valence-corrected chi connectivity index (χ1v) is 5.69. The van der Waals surface area contributed by atoms with E-state index in [0.29, 0.717) is 12.3 Å². The lowest BCUT2D eigenvalue weighted by Gasteiger charge is -2.22. The van der Waals surface area contributed by atoms with Crippen LogP contribution >= 0.6 is 0 Å². The molecule has 1 aliphatic carbocycles. The normalized spacial score (nSPS) is 31.6. The monoisotopic (exact) mass is 195 g/mol. The fourth-order valence-corrected chi connectivity index (χ4v) is 2.82. The van der Waals surface area contributed by atoms with Crippen LogP contribution in [0.25, 0.3) is 0 Å². The van der Waals surface area contributed by atoms with Crippen LogP contribution in [-0.4, -0.2) is 13.7 Å². The second-order valence-electron chi connectivity index (χ2n) is 4.32. The zero-order chi connectivity index (χ0) is 10.4. The van der Waals surface area contributed by atoms with Gasteiger partial charge in [0.05, 0.1) is 6.07 Å². The van der Waals surface area contributed by atoms with E-state index >= 15 is 0 Å². The van der Waals surface area contributed by atoms with Gasteiger partial charge in [-0.25, -0.2) is 0 Å². The molecular formula is C12H21NO. The van der Waals surface area contributed by atoms with Crippen LogP contribution in [0.3, 0.4) is 0 Å². The average molecular weight is 195 g/mol. The van der Waals surface area contributed by atoms with Crippen LogP contribution in [0.5, 0.6) is 0 Å². The van der Waals surface area contributed by atoms with Crippen molar-refractivity contribution in [3.63, 3.8) is 0 Å². The van der Waals surface area contributed by atoms with Gasteiger partial charge in [0.15, 0.2) is 0 Å². The zero-order valence-electron chi connectivity index (χ0n) is 9.33.